The normalized spacial score (nSPS) is 37.8. The van der Waals surface area contributed by atoms with Crippen LogP contribution in [0.25, 0.3) is 0 Å². The number of rotatable bonds is 2. The summed E-state index contributed by atoms with van der Waals surface area (Å²) in [7, 11) is 0. The van der Waals surface area contributed by atoms with Crippen molar-refractivity contribution in [2.75, 3.05) is 0 Å². The quantitative estimate of drug-likeness (QED) is 0.667. The van der Waals surface area contributed by atoms with E-state index in [9.17, 15) is 13.2 Å². The van der Waals surface area contributed by atoms with E-state index in [2.05, 4.69) is 19.1 Å². The molecule has 1 fully saturated rings. The first kappa shape index (κ1) is 13.9. The summed E-state index contributed by atoms with van der Waals surface area (Å²) >= 11 is 0. The van der Waals surface area contributed by atoms with Crippen molar-refractivity contribution >= 4 is 0 Å². The lowest BCUT2D eigenvalue weighted by Gasteiger charge is -2.32. The minimum absolute atomic E-state index is 0.0201. The number of alkyl halides is 3. The van der Waals surface area contributed by atoms with Gasteiger partial charge in [-0.05, 0) is 44.4 Å². The summed E-state index contributed by atoms with van der Waals surface area (Å²) in [5.41, 5.74) is 0. The van der Waals surface area contributed by atoms with Gasteiger partial charge in [-0.1, -0.05) is 19.1 Å². The summed E-state index contributed by atoms with van der Waals surface area (Å²) in [4.78, 5) is 0. The predicted octanol–water partition coefficient (Wildman–Crippen LogP) is 4.48. The van der Waals surface area contributed by atoms with Crippen LogP contribution in [0.5, 0.6) is 0 Å². The molecular weight excluding hydrogens is 241 g/mol. The first-order valence-corrected chi connectivity index (χ1v) is 6.85. The molecule has 0 saturated heterocycles. The van der Waals surface area contributed by atoms with Crippen molar-refractivity contribution < 1.29 is 17.9 Å². The standard InChI is InChI=1S/C14H21F3O/c1-10-2-6-12(7-3-10)18-13-8-4-11(5-9-13)14(15,16)17/h2,6,10-13H,3-5,7-9H2,1H3. The van der Waals surface area contributed by atoms with E-state index in [1.807, 2.05) is 0 Å². The number of hydrogen-bond donors (Lipinski definition) is 0. The Kier molecular flexibility index (Phi) is 4.36. The van der Waals surface area contributed by atoms with Gasteiger partial charge >= 0.3 is 6.18 Å². The molecule has 1 saturated carbocycles. The molecule has 0 radical (unpaired) electrons. The van der Waals surface area contributed by atoms with Crippen LogP contribution in [0.3, 0.4) is 0 Å². The maximum absolute atomic E-state index is 12.5. The van der Waals surface area contributed by atoms with Crippen LogP contribution in [-0.2, 0) is 4.74 Å². The minimum atomic E-state index is -4.02. The highest BCUT2D eigenvalue weighted by molar-refractivity contribution is 4.98. The van der Waals surface area contributed by atoms with Crippen LogP contribution in [0, 0.1) is 11.8 Å². The van der Waals surface area contributed by atoms with Crippen LogP contribution in [0.15, 0.2) is 12.2 Å². The maximum Gasteiger partial charge on any atom is 0.391 e. The minimum Gasteiger partial charge on any atom is -0.371 e. The van der Waals surface area contributed by atoms with Crippen LogP contribution in [-0.4, -0.2) is 18.4 Å². The highest BCUT2D eigenvalue weighted by atomic mass is 19.4. The third kappa shape index (κ3) is 3.74. The Hall–Kier alpha value is -0.510. The van der Waals surface area contributed by atoms with E-state index in [-0.39, 0.29) is 25.0 Å². The lowest BCUT2D eigenvalue weighted by Crippen LogP contribution is -2.32. The molecule has 2 atom stereocenters. The number of halogens is 3. The van der Waals surface area contributed by atoms with Crippen LogP contribution in [0.4, 0.5) is 13.2 Å². The van der Waals surface area contributed by atoms with Gasteiger partial charge in [-0.2, -0.15) is 13.2 Å². The number of allylic oxidation sites excluding steroid dienone is 1. The van der Waals surface area contributed by atoms with Gasteiger partial charge in [-0.3, -0.25) is 0 Å². The third-order valence-electron chi connectivity index (χ3n) is 4.07. The van der Waals surface area contributed by atoms with Crippen molar-refractivity contribution in [2.45, 2.75) is 63.8 Å². The van der Waals surface area contributed by atoms with Gasteiger partial charge in [0.2, 0.25) is 0 Å². The number of hydrogen-bond acceptors (Lipinski definition) is 1. The average Bonchev–Trinajstić information content (AvgIpc) is 2.32. The second kappa shape index (κ2) is 5.64. The van der Waals surface area contributed by atoms with Crippen LogP contribution in [0.1, 0.15) is 45.4 Å². The van der Waals surface area contributed by atoms with Gasteiger partial charge in [-0.25, -0.2) is 0 Å². The second-order valence-corrected chi connectivity index (χ2v) is 5.63. The molecule has 0 aliphatic heterocycles. The first-order valence-electron chi connectivity index (χ1n) is 6.85. The van der Waals surface area contributed by atoms with Crippen LogP contribution < -0.4 is 0 Å². The molecule has 2 rings (SSSR count). The molecule has 0 N–H and O–H groups in total. The fraction of sp³-hybridized carbons (Fsp3) is 0.857. The zero-order valence-electron chi connectivity index (χ0n) is 10.7. The molecule has 2 unspecified atom stereocenters. The molecule has 1 nitrogen and oxygen atoms in total. The molecule has 104 valence electrons. The summed E-state index contributed by atoms with van der Waals surface area (Å²) < 4.78 is 43.4. The monoisotopic (exact) mass is 262 g/mol. The fourth-order valence-electron chi connectivity index (χ4n) is 2.82. The van der Waals surface area contributed by atoms with Gasteiger partial charge in [0.25, 0.3) is 0 Å². The second-order valence-electron chi connectivity index (χ2n) is 5.63. The van der Waals surface area contributed by atoms with Crippen molar-refractivity contribution in [3.05, 3.63) is 12.2 Å². The van der Waals surface area contributed by atoms with Crippen LogP contribution in [0.2, 0.25) is 0 Å². The molecule has 0 spiro atoms. The Labute approximate surface area is 106 Å². The lowest BCUT2D eigenvalue weighted by molar-refractivity contribution is -0.188. The van der Waals surface area contributed by atoms with Crippen molar-refractivity contribution in [3.63, 3.8) is 0 Å². The molecule has 2 aliphatic rings. The van der Waals surface area contributed by atoms with E-state index in [4.69, 9.17) is 4.74 Å². The first-order chi connectivity index (χ1) is 8.45. The molecule has 0 aromatic carbocycles. The van der Waals surface area contributed by atoms with Gasteiger partial charge in [0.1, 0.15) is 0 Å². The van der Waals surface area contributed by atoms with Gasteiger partial charge in [0.05, 0.1) is 18.1 Å². The van der Waals surface area contributed by atoms with Crippen molar-refractivity contribution in [3.8, 4) is 0 Å². The van der Waals surface area contributed by atoms with Crippen molar-refractivity contribution in [2.24, 2.45) is 11.8 Å². The summed E-state index contributed by atoms with van der Waals surface area (Å²) in [5, 5.41) is 0. The topological polar surface area (TPSA) is 9.23 Å². The highest BCUT2D eigenvalue weighted by Crippen LogP contribution is 2.38. The maximum atomic E-state index is 12.5. The van der Waals surface area contributed by atoms with Gasteiger partial charge in [-0.15, -0.1) is 0 Å². The van der Waals surface area contributed by atoms with E-state index in [0.717, 1.165) is 12.8 Å². The van der Waals surface area contributed by atoms with E-state index >= 15 is 0 Å². The molecule has 0 bridgehead atoms. The van der Waals surface area contributed by atoms with Gasteiger partial charge in [0.15, 0.2) is 0 Å². The molecule has 4 heteroatoms. The van der Waals surface area contributed by atoms with E-state index in [0.29, 0.717) is 18.8 Å². The molecule has 18 heavy (non-hydrogen) atoms. The Balaban J connectivity index is 1.75. The van der Waals surface area contributed by atoms with Crippen LogP contribution >= 0.6 is 0 Å². The Bertz CT molecular complexity index is 290. The number of ether oxygens (including phenoxy) is 1. The molecule has 0 aromatic rings. The predicted molar refractivity (Wildman–Crippen MR) is 64.2 cm³/mol. The molecule has 2 aliphatic carbocycles. The average molecular weight is 262 g/mol. The van der Waals surface area contributed by atoms with Gasteiger partial charge in [0, 0.05) is 0 Å². The third-order valence-corrected chi connectivity index (χ3v) is 4.07. The summed E-state index contributed by atoms with van der Waals surface area (Å²) in [6.45, 7) is 2.17. The fourth-order valence-corrected chi connectivity index (χ4v) is 2.82. The molecule has 0 aromatic heterocycles. The Morgan fingerprint density at radius 2 is 1.61 bits per heavy atom. The zero-order chi connectivity index (χ0) is 13.2. The van der Waals surface area contributed by atoms with Crippen molar-refractivity contribution in [1.29, 1.82) is 0 Å². The summed E-state index contributed by atoms with van der Waals surface area (Å²) in [6.07, 6.45) is 3.98. The molecule has 0 heterocycles. The SMILES string of the molecule is CC1C=CC(OC2CCC(C(F)(F)F)CC2)CC1. The molecule has 0 amide bonds. The summed E-state index contributed by atoms with van der Waals surface area (Å²) in [6, 6.07) is 0. The van der Waals surface area contributed by atoms with E-state index in [1.165, 1.54) is 0 Å². The van der Waals surface area contributed by atoms with Gasteiger partial charge < -0.3 is 4.74 Å². The largest absolute Gasteiger partial charge is 0.391 e. The zero-order valence-corrected chi connectivity index (χ0v) is 10.7. The van der Waals surface area contributed by atoms with E-state index in [1.54, 1.807) is 0 Å². The highest BCUT2D eigenvalue weighted by Gasteiger charge is 2.41. The summed E-state index contributed by atoms with van der Waals surface area (Å²) in [5.74, 6) is -0.509. The van der Waals surface area contributed by atoms with E-state index < -0.39 is 12.1 Å². The Morgan fingerprint density at radius 1 is 0.944 bits per heavy atom. The molecular formula is C14H21F3O. The smallest absolute Gasteiger partial charge is 0.371 e. The lowest BCUT2D eigenvalue weighted by atomic mass is 9.86. The Morgan fingerprint density at radius 3 is 2.11 bits per heavy atom. The van der Waals surface area contributed by atoms with Crippen molar-refractivity contribution in [1.82, 2.24) is 0 Å².